The second kappa shape index (κ2) is 4.47. The van der Waals surface area contributed by atoms with Crippen LogP contribution in [0, 0.1) is 0 Å². The third-order valence-electron chi connectivity index (χ3n) is 4.95. The maximum Gasteiger partial charge on any atom is 0.178 e. The number of thioether (sulfide) groups is 1. The fraction of sp³-hybridized carbons (Fsp3) is 0.412. The van der Waals surface area contributed by atoms with E-state index >= 15 is 0 Å². The van der Waals surface area contributed by atoms with Gasteiger partial charge in [-0.05, 0) is 24.5 Å². The van der Waals surface area contributed by atoms with Gasteiger partial charge in [-0.25, -0.2) is 0 Å². The van der Waals surface area contributed by atoms with Crippen LogP contribution in [0.3, 0.4) is 0 Å². The van der Waals surface area contributed by atoms with E-state index in [0.29, 0.717) is 17.7 Å². The molecule has 21 heavy (non-hydrogen) atoms. The van der Waals surface area contributed by atoms with Gasteiger partial charge in [-0.15, -0.1) is 11.8 Å². The van der Waals surface area contributed by atoms with Crippen LogP contribution in [0.25, 0.3) is 0 Å². The Balaban J connectivity index is 1.90. The molecule has 4 rings (SSSR count). The van der Waals surface area contributed by atoms with Gasteiger partial charge in [-0.2, -0.15) is 0 Å². The molecule has 0 unspecified atom stereocenters. The predicted molar refractivity (Wildman–Crippen MR) is 83.2 cm³/mol. The molecule has 0 saturated heterocycles. The average molecular weight is 299 g/mol. The van der Waals surface area contributed by atoms with E-state index in [1.165, 1.54) is 11.1 Å². The monoisotopic (exact) mass is 299 g/mol. The molecule has 0 amide bonds. The van der Waals surface area contributed by atoms with Gasteiger partial charge in [0, 0.05) is 24.4 Å². The number of fused-ring (bicyclic) bond motifs is 4. The highest BCUT2D eigenvalue weighted by atomic mass is 32.2. The SMILES string of the molecule is C[C@@]12CC(=O)C3=C(CSCC3=O)N1CCc1ccccc12. The van der Waals surface area contributed by atoms with Crippen molar-refractivity contribution in [3.63, 3.8) is 0 Å². The van der Waals surface area contributed by atoms with Gasteiger partial charge in [0.2, 0.25) is 0 Å². The molecule has 0 N–H and O–H groups in total. The van der Waals surface area contributed by atoms with E-state index in [0.717, 1.165) is 24.4 Å². The van der Waals surface area contributed by atoms with Crippen LogP contribution in [0.4, 0.5) is 0 Å². The molecule has 1 aromatic carbocycles. The Hall–Kier alpha value is -1.55. The Morgan fingerprint density at radius 2 is 1.95 bits per heavy atom. The number of nitrogens with zero attached hydrogens (tertiary/aromatic N) is 1. The zero-order chi connectivity index (χ0) is 14.6. The molecule has 0 fully saturated rings. The number of Topliss-reactive ketones (excluding diaryl/α,β-unsaturated/α-hetero) is 2. The topological polar surface area (TPSA) is 37.4 Å². The van der Waals surface area contributed by atoms with Crippen LogP contribution in [-0.4, -0.2) is 34.5 Å². The lowest BCUT2D eigenvalue weighted by Crippen LogP contribution is -2.54. The Morgan fingerprint density at radius 1 is 1.14 bits per heavy atom. The number of carbonyl (C=O) groups is 2. The van der Waals surface area contributed by atoms with Crippen molar-refractivity contribution >= 4 is 23.3 Å². The summed E-state index contributed by atoms with van der Waals surface area (Å²) in [6, 6.07) is 8.40. The minimum Gasteiger partial charge on any atom is -0.363 e. The van der Waals surface area contributed by atoms with Crippen LogP contribution in [0.1, 0.15) is 24.5 Å². The zero-order valence-electron chi connectivity index (χ0n) is 12.0. The van der Waals surface area contributed by atoms with Crippen molar-refractivity contribution in [1.82, 2.24) is 4.90 Å². The molecule has 0 aromatic heterocycles. The number of benzene rings is 1. The second-order valence-corrected chi connectivity index (χ2v) is 7.16. The number of ketones is 2. The first-order chi connectivity index (χ1) is 10.1. The van der Waals surface area contributed by atoms with Crippen molar-refractivity contribution in [2.75, 3.05) is 18.1 Å². The maximum absolute atomic E-state index is 12.6. The lowest BCUT2D eigenvalue weighted by atomic mass is 9.74. The summed E-state index contributed by atoms with van der Waals surface area (Å²) in [5.74, 6) is 1.29. The van der Waals surface area contributed by atoms with Crippen molar-refractivity contribution in [2.24, 2.45) is 0 Å². The van der Waals surface area contributed by atoms with Crippen LogP contribution in [-0.2, 0) is 21.5 Å². The molecular formula is C17H17NO2S. The molecule has 0 spiro atoms. The Bertz CT molecular complexity index is 694. The van der Waals surface area contributed by atoms with Gasteiger partial charge in [0.25, 0.3) is 0 Å². The lowest BCUT2D eigenvalue weighted by molar-refractivity contribution is -0.124. The maximum atomic E-state index is 12.6. The molecule has 3 heterocycles. The van der Waals surface area contributed by atoms with Crippen molar-refractivity contribution < 1.29 is 9.59 Å². The molecule has 1 aromatic rings. The molecule has 0 bridgehead atoms. The second-order valence-electron chi connectivity index (χ2n) is 6.17. The summed E-state index contributed by atoms with van der Waals surface area (Å²) >= 11 is 1.63. The molecule has 3 aliphatic heterocycles. The summed E-state index contributed by atoms with van der Waals surface area (Å²) in [4.78, 5) is 27.1. The number of hydrogen-bond acceptors (Lipinski definition) is 4. The first kappa shape index (κ1) is 13.1. The lowest BCUT2D eigenvalue weighted by Gasteiger charge is -2.52. The Labute approximate surface area is 128 Å². The van der Waals surface area contributed by atoms with Crippen LogP contribution < -0.4 is 0 Å². The van der Waals surface area contributed by atoms with E-state index in [9.17, 15) is 9.59 Å². The van der Waals surface area contributed by atoms with Crippen molar-refractivity contribution in [1.29, 1.82) is 0 Å². The largest absolute Gasteiger partial charge is 0.363 e. The van der Waals surface area contributed by atoms with Crippen LogP contribution >= 0.6 is 11.8 Å². The number of rotatable bonds is 0. The molecule has 108 valence electrons. The van der Waals surface area contributed by atoms with Crippen molar-refractivity contribution in [3.8, 4) is 0 Å². The summed E-state index contributed by atoms with van der Waals surface area (Å²) in [6.45, 7) is 3.05. The van der Waals surface area contributed by atoms with Gasteiger partial charge in [-0.3, -0.25) is 9.59 Å². The van der Waals surface area contributed by atoms with E-state index in [1.54, 1.807) is 11.8 Å². The first-order valence-electron chi connectivity index (χ1n) is 7.34. The Kier molecular flexibility index (Phi) is 2.80. The minimum absolute atomic E-state index is 0.0205. The normalized spacial score (nSPS) is 28.1. The zero-order valence-corrected chi connectivity index (χ0v) is 12.8. The highest BCUT2D eigenvalue weighted by molar-refractivity contribution is 8.00. The summed E-state index contributed by atoms with van der Waals surface area (Å²) in [5.41, 5.74) is 3.76. The number of carbonyl (C=O) groups excluding carboxylic acids is 2. The number of hydrogen-bond donors (Lipinski definition) is 0. The third kappa shape index (κ3) is 1.75. The van der Waals surface area contributed by atoms with Crippen LogP contribution in [0.5, 0.6) is 0 Å². The Morgan fingerprint density at radius 3 is 2.81 bits per heavy atom. The minimum atomic E-state index is -0.289. The van der Waals surface area contributed by atoms with Crippen molar-refractivity contribution in [3.05, 3.63) is 46.7 Å². The summed E-state index contributed by atoms with van der Waals surface area (Å²) < 4.78 is 0. The van der Waals surface area contributed by atoms with Gasteiger partial charge in [-0.1, -0.05) is 24.3 Å². The molecule has 4 heteroatoms. The standard InChI is InChI=1S/C17H17NO2S/c1-17-8-14(19)16-13(9-21-10-15(16)20)18(17)7-6-11-4-2-3-5-12(11)17/h2-5H,6-10H2,1H3/t17-/m0/s1. The van der Waals surface area contributed by atoms with Crippen LogP contribution in [0.2, 0.25) is 0 Å². The van der Waals surface area contributed by atoms with E-state index in [4.69, 9.17) is 0 Å². The van der Waals surface area contributed by atoms with Crippen LogP contribution in [0.15, 0.2) is 35.5 Å². The first-order valence-corrected chi connectivity index (χ1v) is 8.50. The quantitative estimate of drug-likeness (QED) is 0.689. The summed E-state index contributed by atoms with van der Waals surface area (Å²) in [5, 5.41) is 0. The fourth-order valence-corrected chi connectivity index (χ4v) is 4.91. The van der Waals surface area contributed by atoms with Gasteiger partial charge >= 0.3 is 0 Å². The summed E-state index contributed by atoms with van der Waals surface area (Å²) in [7, 11) is 0. The molecule has 3 nitrogen and oxygen atoms in total. The smallest absolute Gasteiger partial charge is 0.178 e. The van der Waals surface area contributed by atoms with Gasteiger partial charge in [0.1, 0.15) is 0 Å². The highest BCUT2D eigenvalue weighted by Gasteiger charge is 2.48. The molecule has 0 aliphatic carbocycles. The average Bonchev–Trinajstić information content (AvgIpc) is 2.47. The molecule has 1 atom stereocenters. The predicted octanol–water partition coefficient (Wildman–Crippen LogP) is 2.30. The van der Waals surface area contributed by atoms with E-state index < -0.39 is 0 Å². The van der Waals surface area contributed by atoms with Gasteiger partial charge < -0.3 is 4.90 Å². The fourth-order valence-electron chi connectivity index (χ4n) is 3.99. The van der Waals surface area contributed by atoms with Gasteiger partial charge in [0.05, 0.1) is 16.9 Å². The van der Waals surface area contributed by atoms with Crippen molar-refractivity contribution in [2.45, 2.75) is 25.3 Å². The molecule has 3 aliphatic rings. The third-order valence-corrected chi connectivity index (χ3v) is 5.89. The summed E-state index contributed by atoms with van der Waals surface area (Å²) in [6.07, 6.45) is 1.40. The molecule has 0 radical (unpaired) electrons. The molecule has 0 saturated carbocycles. The number of allylic oxidation sites excluding steroid dienone is 1. The highest BCUT2D eigenvalue weighted by Crippen LogP contribution is 2.46. The van der Waals surface area contributed by atoms with Gasteiger partial charge in [0.15, 0.2) is 11.6 Å². The molecular weight excluding hydrogens is 282 g/mol. The van der Waals surface area contributed by atoms with E-state index in [2.05, 4.69) is 30.0 Å². The van der Waals surface area contributed by atoms with E-state index in [-0.39, 0.29) is 17.1 Å². The van der Waals surface area contributed by atoms with E-state index in [1.807, 2.05) is 6.07 Å².